The van der Waals surface area contributed by atoms with Crippen LogP contribution in [0, 0.1) is 5.82 Å². The predicted octanol–water partition coefficient (Wildman–Crippen LogP) is 5.26. The van der Waals surface area contributed by atoms with Gasteiger partial charge in [-0.15, -0.1) is 0 Å². The number of piperazine rings is 1. The van der Waals surface area contributed by atoms with Crippen LogP contribution in [-0.4, -0.2) is 41.9 Å². The van der Waals surface area contributed by atoms with Crippen LogP contribution in [0.4, 0.5) is 4.39 Å². The Morgan fingerprint density at radius 3 is 2.45 bits per heavy atom. The molecule has 3 aromatic rings. The molecule has 1 aliphatic heterocycles. The zero-order valence-corrected chi connectivity index (χ0v) is 18.2. The highest BCUT2D eigenvalue weighted by atomic mass is 35.5. The largest absolute Gasteiger partial charge is 0.484 e. The number of ether oxygens (including phenoxy) is 1. The Bertz CT molecular complexity index is 1040. The van der Waals surface area contributed by atoms with Gasteiger partial charge in [0.25, 0.3) is 5.91 Å². The average molecular weight is 463 g/mol. The van der Waals surface area contributed by atoms with Gasteiger partial charge in [-0.2, -0.15) is 0 Å². The summed E-state index contributed by atoms with van der Waals surface area (Å²) < 4.78 is 25.3. The second-order valence-corrected chi connectivity index (χ2v) is 8.07. The van der Waals surface area contributed by atoms with Gasteiger partial charge in [-0.3, -0.25) is 9.69 Å². The summed E-state index contributed by atoms with van der Waals surface area (Å²) in [6.07, 6.45) is 0. The number of rotatable bonds is 6. The van der Waals surface area contributed by atoms with E-state index in [1.807, 2.05) is 12.1 Å². The Hall–Kier alpha value is -2.54. The minimum absolute atomic E-state index is 0.174. The van der Waals surface area contributed by atoms with E-state index in [0.29, 0.717) is 59.8 Å². The Balaban J connectivity index is 1.30. The van der Waals surface area contributed by atoms with Gasteiger partial charge in [0.1, 0.15) is 23.9 Å². The predicted molar refractivity (Wildman–Crippen MR) is 117 cm³/mol. The number of carbonyl (C=O) groups is 1. The van der Waals surface area contributed by atoms with Crippen molar-refractivity contribution in [3.05, 3.63) is 87.5 Å². The van der Waals surface area contributed by atoms with Crippen LogP contribution in [0.1, 0.15) is 21.9 Å². The van der Waals surface area contributed by atoms with E-state index < -0.39 is 0 Å². The normalized spacial score (nSPS) is 14.6. The summed E-state index contributed by atoms with van der Waals surface area (Å²) >= 11 is 12.2. The van der Waals surface area contributed by atoms with Gasteiger partial charge in [0.05, 0.1) is 5.02 Å². The maximum Gasteiger partial charge on any atom is 0.289 e. The molecule has 1 amide bonds. The van der Waals surface area contributed by atoms with Gasteiger partial charge in [-0.05, 0) is 36.4 Å². The lowest BCUT2D eigenvalue weighted by molar-refractivity contribution is 0.0593. The highest BCUT2D eigenvalue weighted by molar-refractivity contribution is 6.32. The van der Waals surface area contributed by atoms with Crippen molar-refractivity contribution < 1.29 is 18.3 Å². The average Bonchev–Trinajstić information content (AvgIpc) is 3.25. The monoisotopic (exact) mass is 462 g/mol. The molecule has 0 radical (unpaired) electrons. The van der Waals surface area contributed by atoms with Crippen LogP contribution in [0.5, 0.6) is 5.75 Å². The fourth-order valence-corrected chi connectivity index (χ4v) is 3.87. The smallest absolute Gasteiger partial charge is 0.289 e. The molecule has 0 aliphatic carbocycles. The van der Waals surface area contributed by atoms with Crippen molar-refractivity contribution in [1.82, 2.24) is 9.80 Å². The second kappa shape index (κ2) is 9.73. The summed E-state index contributed by atoms with van der Waals surface area (Å²) in [5.41, 5.74) is 0.484. The quantitative estimate of drug-likeness (QED) is 0.500. The lowest BCUT2D eigenvalue weighted by atomic mass is 10.2. The molecule has 0 atom stereocenters. The SMILES string of the molecule is O=C(c1ccc(COc2ccccc2Cl)o1)N1CCN(Cc2c(F)cccc2Cl)CC1. The minimum Gasteiger partial charge on any atom is -0.484 e. The summed E-state index contributed by atoms with van der Waals surface area (Å²) in [6, 6.07) is 15.2. The van der Waals surface area contributed by atoms with E-state index in [9.17, 15) is 9.18 Å². The van der Waals surface area contributed by atoms with Crippen LogP contribution < -0.4 is 4.74 Å². The molecule has 5 nitrogen and oxygen atoms in total. The van der Waals surface area contributed by atoms with Gasteiger partial charge in [0.15, 0.2) is 5.76 Å². The van der Waals surface area contributed by atoms with Crippen molar-refractivity contribution in [2.75, 3.05) is 26.2 Å². The number of benzene rings is 2. The summed E-state index contributed by atoms with van der Waals surface area (Å²) in [6.45, 7) is 2.89. The Labute approximate surface area is 189 Å². The molecular formula is C23H21Cl2FN2O3. The number of furan rings is 1. The number of halogens is 3. The van der Waals surface area contributed by atoms with E-state index in [0.717, 1.165) is 0 Å². The summed E-state index contributed by atoms with van der Waals surface area (Å²) in [4.78, 5) is 16.6. The summed E-state index contributed by atoms with van der Waals surface area (Å²) in [5, 5.41) is 0.931. The maximum atomic E-state index is 14.0. The molecular weight excluding hydrogens is 442 g/mol. The zero-order chi connectivity index (χ0) is 21.8. The topological polar surface area (TPSA) is 45.9 Å². The number of carbonyl (C=O) groups excluding carboxylic acids is 1. The van der Waals surface area contributed by atoms with Crippen molar-refractivity contribution in [2.45, 2.75) is 13.2 Å². The number of amides is 1. The van der Waals surface area contributed by atoms with Gasteiger partial charge in [0, 0.05) is 43.3 Å². The molecule has 4 rings (SSSR count). The number of hydrogen-bond donors (Lipinski definition) is 0. The molecule has 0 bridgehead atoms. The molecule has 1 saturated heterocycles. The van der Waals surface area contributed by atoms with Crippen LogP contribution in [-0.2, 0) is 13.2 Å². The molecule has 162 valence electrons. The van der Waals surface area contributed by atoms with Gasteiger partial charge in [-0.1, -0.05) is 41.4 Å². The highest BCUT2D eigenvalue weighted by Crippen LogP contribution is 2.25. The molecule has 2 aromatic carbocycles. The van der Waals surface area contributed by atoms with Crippen LogP contribution in [0.25, 0.3) is 0 Å². The van der Waals surface area contributed by atoms with Crippen LogP contribution in [0.15, 0.2) is 59.0 Å². The van der Waals surface area contributed by atoms with E-state index in [-0.39, 0.29) is 24.1 Å². The molecule has 1 aliphatic rings. The molecule has 0 N–H and O–H groups in total. The second-order valence-electron chi connectivity index (χ2n) is 7.25. The third-order valence-corrected chi connectivity index (χ3v) is 5.85. The molecule has 1 aromatic heterocycles. The molecule has 8 heteroatoms. The lowest BCUT2D eigenvalue weighted by Gasteiger charge is -2.34. The fraction of sp³-hybridized carbons (Fsp3) is 0.261. The summed E-state index contributed by atoms with van der Waals surface area (Å²) in [7, 11) is 0. The Morgan fingerprint density at radius 2 is 1.71 bits per heavy atom. The minimum atomic E-state index is -0.312. The van der Waals surface area contributed by atoms with Gasteiger partial charge in [0.2, 0.25) is 0 Å². The first-order valence-electron chi connectivity index (χ1n) is 9.92. The fourth-order valence-electron chi connectivity index (χ4n) is 3.45. The first kappa shape index (κ1) is 21.7. The van der Waals surface area contributed by atoms with E-state index in [1.165, 1.54) is 6.07 Å². The molecule has 1 fully saturated rings. The molecule has 0 saturated carbocycles. The molecule has 0 spiro atoms. The summed E-state index contributed by atoms with van der Waals surface area (Å²) in [5.74, 6) is 0.875. The number of nitrogens with zero attached hydrogens (tertiary/aromatic N) is 2. The Kier molecular flexibility index (Phi) is 6.80. The zero-order valence-electron chi connectivity index (χ0n) is 16.7. The first-order chi connectivity index (χ1) is 15.0. The van der Waals surface area contributed by atoms with Gasteiger partial charge in [-0.25, -0.2) is 4.39 Å². The highest BCUT2D eigenvalue weighted by Gasteiger charge is 2.25. The van der Waals surface area contributed by atoms with Crippen molar-refractivity contribution in [3.8, 4) is 5.75 Å². The van der Waals surface area contributed by atoms with E-state index in [4.69, 9.17) is 32.4 Å². The third-order valence-electron chi connectivity index (χ3n) is 5.18. The first-order valence-corrected chi connectivity index (χ1v) is 10.7. The number of hydrogen-bond acceptors (Lipinski definition) is 4. The van der Waals surface area contributed by atoms with E-state index in [1.54, 1.807) is 41.3 Å². The maximum absolute atomic E-state index is 14.0. The van der Waals surface area contributed by atoms with Crippen molar-refractivity contribution in [2.24, 2.45) is 0 Å². The Morgan fingerprint density at radius 1 is 0.968 bits per heavy atom. The van der Waals surface area contributed by atoms with Crippen molar-refractivity contribution in [3.63, 3.8) is 0 Å². The molecule has 2 heterocycles. The van der Waals surface area contributed by atoms with Crippen LogP contribution in [0.2, 0.25) is 10.0 Å². The number of para-hydroxylation sites is 1. The van der Waals surface area contributed by atoms with Crippen LogP contribution in [0.3, 0.4) is 0 Å². The van der Waals surface area contributed by atoms with Crippen LogP contribution >= 0.6 is 23.2 Å². The van der Waals surface area contributed by atoms with E-state index in [2.05, 4.69) is 4.90 Å². The van der Waals surface area contributed by atoms with E-state index >= 15 is 0 Å². The molecule has 0 unspecified atom stereocenters. The van der Waals surface area contributed by atoms with Gasteiger partial charge < -0.3 is 14.1 Å². The third kappa shape index (κ3) is 5.21. The van der Waals surface area contributed by atoms with Gasteiger partial charge >= 0.3 is 0 Å². The van der Waals surface area contributed by atoms with Crippen molar-refractivity contribution >= 4 is 29.1 Å². The molecule has 31 heavy (non-hydrogen) atoms. The van der Waals surface area contributed by atoms with Crippen molar-refractivity contribution in [1.29, 1.82) is 0 Å². The lowest BCUT2D eigenvalue weighted by Crippen LogP contribution is -2.48. The standard InChI is InChI=1S/C23H21Cl2FN2O3/c24-18-5-3-6-20(26)17(18)14-27-10-12-28(13-11-27)23(29)22-9-8-16(31-22)15-30-21-7-2-1-4-19(21)25/h1-9H,10-15H2.